The number of aliphatic carboxylic acids is 1. The van der Waals surface area contributed by atoms with E-state index < -0.39 is 11.5 Å². The molecule has 0 saturated heterocycles. The topological polar surface area (TPSA) is 98.7 Å². The van der Waals surface area contributed by atoms with Crippen LogP contribution in [-0.4, -0.2) is 41.1 Å². The van der Waals surface area contributed by atoms with E-state index in [1.165, 1.54) is 4.68 Å². The van der Waals surface area contributed by atoms with Crippen LogP contribution in [0.1, 0.15) is 32.9 Å². The van der Waals surface area contributed by atoms with Crippen LogP contribution in [-0.2, 0) is 16.9 Å². The van der Waals surface area contributed by atoms with Gasteiger partial charge >= 0.3 is 5.97 Å². The summed E-state index contributed by atoms with van der Waals surface area (Å²) in [4.78, 5) is 11.6. The smallest absolute Gasteiger partial charge is 0.331 e. The van der Waals surface area contributed by atoms with E-state index in [9.17, 15) is 9.90 Å². The first-order valence-corrected chi connectivity index (χ1v) is 6.51. The molecule has 0 aliphatic heterocycles. The van der Waals surface area contributed by atoms with Crippen LogP contribution in [0.4, 0.5) is 0 Å². The van der Waals surface area contributed by atoms with E-state index in [-0.39, 0.29) is 0 Å². The Labute approximate surface area is 116 Å². The summed E-state index contributed by atoms with van der Waals surface area (Å²) in [7, 11) is 0. The van der Waals surface area contributed by atoms with E-state index in [1.807, 2.05) is 19.9 Å². The molecule has 8 nitrogen and oxygen atoms in total. The third-order valence-electron chi connectivity index (χ3n) is 3.52. The maximum absolute atomic E-state index is 11.6. The fourth-order valence-corrected chi connectivity index (χ4v) is 2.04. The molecule has 8 heteroatoms. The predicted octanol–water partition coefficient (Wildman–Crippen LogP) is 1.07. The highest BCUT2D eigenvalue weighted by molar-refractivity contribution is 5.76. The van der Waals surface area contributed by atoms with Gasteiger partial charge in [-0.05, 0) is 43.7 Å². The van der Waals surface area contributed by atoms with Crippen molar-refractivity contribution in [3.05, 3.63) is 11.8 Å². The highest BCUT2D eigenvalue weighted by Gasteiger charge is 2.37. The van der Waals surface area contributed by atoms with E-state index in [0.29, 0.717) is 18.8 Å². The van der Waals surface area contributed by atoms with Gasteiger partial charge in [-0.15, -0.1) is 5.10 Å². The number of hydrogen-bond donors (Lipinski definition) is 1. The van der Waals surface area contributed by atoms with Crippen LogP contribution in [0.25, 0.3) is 11.5 Å². The second-order valence-electron chi connectivity index (χ2n) is 4.83. The minimum atomic E-state index is -1.18. The largest absolute Gasteiger partial charge is 0.479 e. The summed E-state index contributed by atoms with van der Waals surface area (Å²) in [6.07, 6.45) is 0.375. The summed E-state index contributed by atoms with van der Waals surface area (Å²) in [5, 5.41) is 25.3. The zero-order valence-electron chi connectivity index (χ0n) is 12.0. The van der Waals surface area contributed by atoms with Gasteiger partial charge in [0.2, 0.25) is 5.82 Å². The Bertz CT molecular complexity index is 632. The fraction of sp³-hybridized carbons (Fsp3) is 0.583. The van der Waals surface area contributed by atoms with Crippen LogP contribution in [0, 0.1) is 6.92 Å². The standard InChI is InChI=1S/C12H18N6O2/c1-5-12(4,11(19)20)18-10(13-15-16-18)9-7-8(3)14-17(9)6-2/h7H,5-6H2,1-4H3,(H,19,20). The van der Waals surface area contributed by atoms with Gasteiger partial charge in [-0.25, -0.2) is 9.48 Å². The van der Waals surface area contributed by atoms with Crippen LogP contribution in [0.15, 0.2) is 6.07 Å². The average Bonchev–Trinajstić information content (AvgIpc) is 3.03. The molecular weight excluding hydrogens is 260 g/mol. The molecule has 0 spiro atoms. The number of tetrazole rings is 1. The molecule has 108 valence electrons. The van der Waals surface area contributed by atoms with Crippen molar-refractivity contribution < 1.29 is 9.90 Å². The van der Waals surface area contributed by atoms with Crippen LogP contribution < -0.4 is 0 Å². The van der Waals surface area contributed by atoms with Gasteiger partial charge in [0.05, 0.1) is 5.69 Å². The summed E-state index contributed by atoms with van der Waals surface area (Å²) < 4.78 is 3.12. The van der Waals surface area contributed by atoms with E-state index in [0.717, 1.165) is 11.4 Å². The highest BCUT2D eigenvalue weighted by atomic mass is 16.4. The molecule has 0 aliphatic rings. The Hall–Kier alpha value is -2.25. The van der Waals surface area contributed by atoms with E-state index in [4.69, 9.17) is 0 Å². The molecular formula is C12H18N6O2. The Morgan fingerprint density at radius 1 is 1.45 bits per heavy atom. The number of rotatable bonds is 5. The summed E-state index contributed by atoms with van der Waals surface area (Å²) in [5.74, 6) is -0.549. The highest BCUT2D eigenvalue weighted by Crippen LogP contribution is 2.26. The lowest BCUT2D eigenvalue weighted by Crippen LogP contribution is -2.39. The van der Waals surface area contributed by atoms with Gasteiger partial charge < -0.3 is 5.11 Å². The normalized spacial score (nSPS) is 14.2. The van der Waals surface area contributed by atoms with Crippen LogP contribution in [0.2, 0.25) is 0 Å². The molecule has 1 atom stereocenters. The van der Waals surface area contributed by atoms with Gasteiger partial charge in [-0.2, -0.15) is 5.10 Å². The maximum Gasteiger partial charge on any atom is 0.331 e. The van der Waals surface area contributed by atoms with Crippen molar-refractivity contribution in [2.24, 2.45) is 0 Å². The van der Waals surface area contributed by atoms with E-state index in [1.54, 1.807) is 18.5 Å². The Kier molecular flexibility index (Phi) is 3.56. The third-order valence-corrected chi connectivity index (χ3v) is 3.52. The van der Waals surface area contributed by atoms with Gasteiger partial charge in [-0.3, -0.25) is 4.68 Å². The molecule has 2 rings (SSSR count). The summed E-state index contributed by atoms with van der Waals surface area (Å²) in [6, 6.07) is 1.85. The van der Waals surface area contributed by atoms with Crippen LogP contribution >= 0.6 is 0 Å². The number of carbonyl (C=O) groups is 1. The van der Waals surface area contributed by atoms with Crippen molar-refractivity contribution in [1.29, 1.82) is 0 Å². The van der Waals surface area contributed by atoms with Gasteiger partial charge in [0.25, 0.3) is 0 Å². The van der Waals surface area contributed by atoms with Crippen molar-refractivity contribution in [3.8, 4) is 11.5 Å². The lowest BCUT2D eigenvalue weighted by Gasteiger charge is -2.23. The van der Waals surface area contributed by atoms with Crippen molar-refractivity contribution in [2.75, 3.05) is 0 Å². The predicted molar refractivity (Wildman–Crippen MR) is 71.0 cm³/mol. The molecule has 0 radical (unpaired) electrons. The number of carboxylic acid groups (broad SMARTS) is 1. The Balaban J connectivity index is 2.61. The molecule has 0 saturated carbocycles. The molecule has 0 amide bonds. The van der Waals surface area contributed by atoms with E-state index >= 15 is 0 Å². The molecule has 0 aromatic carbocycles. The molecule has 0 aliphatic carbocycles. The van der Waals surface area contributed by atoms with Crippen molar-refractivity contribution in [1.82, 2.24) is 30.0 Å². The molecule has 1 N–H and O–H groups in total. The molecule has 2 heterocycles. The molecule has 1 unspecified atom stereocenters. The fourth-order valence-electron chi connectivity index (χ4n) is 2.04. The molecule has 2 aromatic rings. The number of carboxylic acids is 1. The Morgan fingerprint density at radius 3 is 2.70 bits per heavy atom. The van der Waals surface area contributed by atoms with E-state index in [2.05, 4.69) is 20.6 Å². The molecule has 20 heavy (non-hydrogen) atoms. The lowest BCUT2D eigenvalue weighted by atomic mass is 9.99. The maximum atomic E-state index is 11.6. The number of nitrogens with zero attached hydrogens (tertiary/aromatic N) is 6. The molecule has 0 bridgehead atoms. The zero-order chi connectivity index (χ0) is 14.9. The van der Waals surface area contributed by atoms with Crippen LogP contribution in [0.5, 0.6) is 0 Å². The summed E-state index contributed by atoms with van der Waals surface area (Å²) in [5.41, 5.74) is 0.371. The second-order valence-corrected chi connectivity index (χ2v) is 4.83. The van der Waals surface area contributed by atoms with Crippen LogP contribution in [0.3, 0.4) is 0 Å². The Morgan fingerprint density at radius 2 is 2.15 bits per heavy atom. The molecule has 0 fully saturated rings. The zero-order valence-corrected chi connectivity index (χ0v) is 12.0. The summed E-state index contributed by atoms with van der Waals surface area (Å²) >= 11 is 0. The van der Waals surface area contributed by atoms with Gasteiger partial charge in [-0.1, -0.05) is 6.92 Å². The second kappa shape index (κ2) is 5.03. The van der Waals surface area contributed by atoms with Crippen molar-refractivity contribution >= 4 is 5.97 Å². The SMILES string of the molecule is CCn1nc(C)cc1-c1nnnn1C(C)(CC)C(=O)O. The average molecular weight is 278 g/mol. The minimum Gasteiger partial charge on any atom is -0.479 e. The number of hydrogen-bond acceptors (Lipinski definition) is 5. The van der Waals surface area contributed by atoms with Crippen molar-refractivity contribution in [3.63, 3.8) is 0 Å². The lowest BCUT2D eigenvalue weighted by molar-refractivity contribution is -0.147. The summed E-state index contributed by atoms with van der Waals surface area (Å²) in [6.45, 7) is 7.89. The minimum absolute atomic E-state index is 0.375. The first kappa shape index (κ1) is 14.2. The van der Waals surface area contributed by atoms with Crippen molar-refractivity contribution in [2.45, 2.75) is 46.2 Å². The third kappa shape index (κ3) is 2.06. The van der Waals surface area contributed by atoms with Gasteiger partial charge in [0.1, 0.15) is 5.69 Å². The monoisotopic (exact) mass is 278 g/mol. The first-order valence-electron chi connectivity index (χ1n) is 6.51. The quantitative estimate of drug-likeness (QED) is 0.878. The number of aryl methyl sites for hydroxylation is 2. The molecule has 2 aromatic heterocycles. The first-order chi connectivity index (χ1) is 9.43. The number of aromatic nitrogens is 6. The van der Waals surface area contributed by atoms with Gasteiger partial charge in [0, 0.05) is 6.54 Å². The van der Waals surface area contributed by atoms with Gasteiger partial charge in [0.15, 0.2) is 5.54 Å².